The lowest BCUT2D eigenvalue weighted by atomic mass is 9.72. The van der Waals surface area contributed by atoms with Crippen LogP contribution < -0.4 is 5.32 Å². The van der Waals surface area contributed by atoms with Gasteiger partial charge >= 0.3 is 0 Å². The van der Waals surface area contributed by atoms with Crippen molar-refractivity contribution in [2.45, 2.75) is 77.2 Å². The summed E-state index contributed by atoms with van der Waals surface area (Å²) < 4.78 is 0. The zero-order chi connectivity index (χ0) is 18.5. The first kappa shape index (κ1) is 19.5. The molecule has 3 atom stereocenters. The van der Waals surface area contributed by atoms with Crippen LogP contribution in [0.4, 0.5) is 0 Å². The van der Waals surface area contributed by atoms with Crippen LogP contribution in [0.5, 0.6) is 0 Å². The molecule has 2 nitrogen and oxygen atoms in total. The van der Waals surface area contributed by atoms with Gasteiger partial charge in [-0.05, 0) is 73.8 Å². The molecule has 0 bridgehead atoms. The van der Waals surface area contributed by atoms with Gasteiger partial charge in [-0.25, -0.2) is 0 Å². The molecule has 3 rings (SSSR count). The molecule has 2 N–H and O–H groups in total. The van der Waals surface area contributed by atoms with Crippen LogP contribution in [0, 0.1) is 17.8 Å². The van der Waals surface area contributed by atoms with Crippen molar-refractivity contribution in [2.75, 3.05) is 7.05 Å². The van der Waals surface area contributed by atoms with E-state index in [1.807, 2.05) is 7.05 Å². The van der Waals surface area contributed by atoms with E-state index in [0.717, 1.165) is 25.2 Å². The predicted octanol–water partition coefficient (Wildman–Crippen LogP) is 5.42. The summed E-state index contributed by atoms with van der Waals surface area (Å²) in [6, 6.07) is 9.03. The number of nitrogens with one attached hydrogen (secondary N) is 1. The maximum absolute atomic E-state index is 10.9. The number of aryl methyl sites for hydroxylation is 1. The lowest BCUT2D eigenvalue weighted by Gasteiger charge is -2.33. The molecule has 144 valence electrons. The van der Waals surface area contributed by atoms with Crippen LogP contribution in [0.3, 0.4) is 0 Å². The number of rotatable bonds is 10. The molecule has 0 radical (unpaired) electrons. The molecule has 0 spiro atoms. The fraction of sp³-hybridized carbons (Fsp3) is 0.667. The topological polar surface area (TPSA) is 32.3 Å². The van der Waals surface area contributed by atoms with Gasteiger partial charge in [0.15, 0.2) is 0 Å². The Kier molecular flexibility index (Phi) is 6.80. The monoisotopic (exact) mass is 355 g/mol. The Labute approximate surface area is 160 Å². The molecule has 0 aliphatic heterocycles. The van der Waals surface area contributed by atoms with E-state index in [4.69, 9.17) is 0 Å². The lowest BCUT2D eigenvalue weighted by molar-refractivity contribution is 0.0956. The molecule has 0 saturated heterocycles. The van der Waals surface area contributed by atoms with E-state index in [1.165, 1.54) is 43.4 Å². The van der Waals surface area contributed by atoms with Gasteiger partial charge in [0, 0.05) is 18.7 Å². The minimum atomic E-state index is -0.198. The number of benzene rings is 1. The second kappa shape index (κ2) is 9.08. The smallest absolute Gasteiger partial charge is 0.0650 e. The van der Waals surface area contributed by atoms with Crippen molar-refractivity contribution in [3.63, 3.8) is 0 Å². The fourth-order valence-electron chi connectivity index (χ4n) is 4.65. The molecule has 1 aromatic rings. The van der Waals surface area contributed by atoms with Crippen molar-refractivity contribution in [1.29, 1.82) is 0 Å². The van der Waals surface area contributed by atoms with Gasteiger partial charge in [-0.1, -0.05) is 50.6 Å². The van der Waals surface area contributed by atoms with Gasteiger partial charge in [0.1, 0.15) is 0 Å². The van der Waals surface area contributed by atoms with Gasteiger partial charge in [-0.3, -0.25) is 0 Å². The van der Waals surface area contributed by atoms with E-state index < -0.39 is 0 Å². The average molecular weight is 356 g/mol. The SMILES string of the molecule is CC/C=C(\NC)C(CCc1ccccc1C(C)C1CCC1)C(O)C1CC1. The first-order valence-corrected chi connectivity index (χ1v) is 10.8. The van der Waals surface area contributed by atoms with Crippen molar-refractivity contribution in [3.05, 3.63) is 47.2 Å². The van der Waals surface area contributed by atoms with Crippen LogP contribution in [0.25, 0.3) is 0 Å². The molecular formula is C24H37NO. The van der Waals surface area contributed by atoms with Gasteiger partial charge in [-0.15, -0.1) is 0 Å². The summed E-state index contributed by atoms with van der Waals surface area (Å²) in [4.78, 5) is 0. The number of hydrogen-bond donors (Lipinski definition) is 2. The number of allylic oxidation sites excluding steroid dienone is 1. The second-order valence-electron chi connectivity index (χ2n) is 8.47. The summed E-state index contributed by atoms with van der Waals surface area (Å²) in [5.41, 5.74) is 4.27. The Balaban J connectivity index is 1.73. The van der Waals surface area contributed by atoms with Crippen LogP contribution >= 0.6 is 0 Å². The molecule has 2 saturated carbocycles. The molecule has 1 aromatic carbocycles. The summed E-state index contributed by atoms with van der Waals surface area (Å²) in [5, 5.41) is 14.3. The number of aliphatic hydroxyl groups is 1. The van der Waals surface area contributed by atoms with E-state index in [2.05, 4.69) is 49.5 Å². The summed E-state index contributed by atoms with van der Waals surface area (Å²) in [6.45, 7) is 4.59. The van der Waals surface area contributed by atoms with Crippen LogP contribution in [0.2, 0.25) is 0 Å². The van der Waals surface area contributed by atoms with Gasteiger partial charge in [0.25, 0.3) is 0 Å². The van der Waals surface area contributed by atoms with Crippen molar-refractivity contribution < 1.29 is 5.11 Å². The third-order valence-corrected chi connectivity index (χ3v) is 6.76. The predicted molar refractivity (Wildman–Crippen MR) is 110 cm³/mol. The van der Waals surface area contributed by atoms with Crippen LogP contribution in [-0.4, -0.2) is 18.3 Å². The van der Waals surface area contributed by atoms with Gasteiger partial charge in [0.2, 0.25) is 0 Å². The maximum Gasteiger partial charge on any atom is 0.0650 e. The largest absolute Gasteiger partial charge is 0.392 e. The fourth-order valence-corrected chi connectivity index (χ4v) is 4.65. The van der Waals surface area contributed by atoms with Crippen molar-refractivity contribution in [2.24, 2.45) is 17.8 Å². The molecule has 0 heterocycles. The summed E-state index contributed by atoms with van der Waals surface area (Å²) in [7, 11) is 2.00. The summed E-state index contributed by atoms with van der Waals surface area (Å²) in [6.07, 6.45) is 11.7. The third kappa shape index (κ3) is 4.52. The first-order chi connectivity index (χ1) is 12.7. The zero-order valence-electron chi connectivity index (χ0n) is 16.9. The highest BCUT2D eigenvalue weighted by atomic mass is 16.3. The quantitative estimate of drug-likeness (QED) is 0.587. The Morgan fingerprint density at radius 3 is 2.50 bits per heavy atom. The van der Waals surface area contributed by atoms with Crippen LogP contribution in [0.1, 0.15) is 75.8 Å². The highest BCUT2D eigenvalue weighted by Crippen LogP contribution is 2.41. The summed E-state index contributed by atoms with van der Waals surface area (Å²) in [5.74, 6) is 2.29. The Hall–Kier alpha value is -1.28. The van der Waals surface area contributed by atoms with Crippen molar-refractivity contribution in [3.8, 4) is 0 Å². The minimum Gasteiger partial charge on any atom is -0.392 e. The van der Waals surface area contributed by atoms with Gasteiger partial charge in [-0.2, -0.15) is 0 Å². The summed E-state index contributed by atoms with van der Waals surface area (Å²) >= 11 is 0. The van der Waals surface area contributed by atoms with Gasteiger partial charge < -0.3 is 10.4 Å². The van der Waals surface area contributed by atoms with Gasteiger partial charge in [0.05, 0.1) is 6.10 Å². The minimum absolute atomic E-state index is 0.198. The highest BCUT2D eigenvalue weighted by Gasteiger charge is 2.36. The van der Waals surface area contributed by atoms with E-state index in [9.17, 15) is 5.11 Å². The Bertz CT molecular complexity index is 600. The molecule has 2 fully saturated rings. The molecule has 26 heavy (non-hydrogen) atoms. The number of aliphatic hydroxyl groups excluding tert-OH is 1. The zero-order valence-corrected chi connectivity index (χ0v) is 16.9. The Morgan fingerprint density at radius 1 is 1.19 bits per heavy atom. The average Bonchev–Trinajstić information content (AvgIpc) is 3.44. The van der Waals surface area contributed by atoms with E-state index in [-0.39, 0.29) is 12.0 Å². The van der Waals surface area contributed by atoms with Crippen LogP contribution in [0.15, 0.2) is 36.0 Å². The van der Waals surface area contributed by atoms with Crippen molar-refractivity contribution in [1.82, 2.24) is 5.32 Å². The second-order valence-corrected chi connectivity index (χ2v) is 8.47. The standard InChI is InChI=1S/C24H37NO/c1-4-8-23(25-3)22(24(26)20-13-14-20)16-15-19-9-5-6-12-21(19)17(2)18-10-7-11-18/h5-6,8-9,12,17-18,20,22,24-26H,4,7,10-11,13-16H2,1-3H3/b23-8-. The lowest BCUT2D eigenvalue weighted by Crippen LogP contribution is -2.30. The molecule has 2 aliphatic carbocycles. The molecule has 0 aromatic heterocycles. The maximum atomic E-state index is 10.9. The first-order valence-electron chi connectivity index (χ1n) is 10.8. The molecule has 2 aliphatic rings. The third-order valence-electron chi connectivity index (χ3n) is 6.76. The van der Waals surface area contributed by atoms with E-state index >= 15 is 0 Å². The van der Waals surface area contributed by atoms with E-state index in [0.29, 0.717) is 11.8 Å². The molecule has 3 unspecified atom stereocenters. The molecule has 0 amide bonds. The molecule has 2 heteroatoms. The van der Waals surface area contributed by atoms with Crippen molar-refractivity contribution >= 4 is 0 Å². The van der Waals surface area contributed by atoms with E-state index in [1.54, 1.807) is 5.56 Å². The Morgan fingerprint density at radius 2 is 1.92 bits per heavy atom. The van der Waals surface area contributed by atoms with Crippen LogP contribution in [-0.2, 0) is 6.42 Å². The number of hydrogen-bond acceptors (Lipinski definition) is 2. The highest BCUT2D eigenvalue weighted by molar-refractivity contribution is 5.31. The molecular weight excluding hydrogens is 318 g/mol. The normalized spacial score (nSPS) is 21.8.